The van der Waals surface area contributed by atoms with Gasteiger partial charge in [0, 0.05) is 30.9 Å². The second-order valence-corrected chi connectivity index (χ2v) is 9.68. The van der Waals surface area contributed by atoms with E-state index in [1.165, 1.54) is 4.31 Å². The SMILES string of the molecule is C[C@@H]1Cc2cc(S(=O)(=O)N(C)Cc3ccccc3)ccc2N1C(=O)c1ccccc1. The van der Waals surface area contributed by atoms with E-state index in [4.69, 9.17) is 0 Å². The zero-order valence-corrected chi connectivity index (χ0v) is 17.8. The minimum Gasteiger partial charge on any atom is -0.305 e. The van der Waals surface area contributed by atoms with Gasteiger partial charge in [-0.3, -0.25) is 4.79 Å². The standard InChI is InChI=1S/C24H24N2O3S/c1-18-15-21-16-22(30(28,29)25(2)17-19-9-5-3-6-10-19)13-14-23(21)26(18)24(27)20-11-7-4-8-12-20/h3-14,16,18H,15,17H2,1-2H3/t18-/m1/s1. The van der Waals surface area contributed by atoms with Crippen molar-refractivity contribution >= 4 is 21.6 Å². The number of nitrogens with zero attached hydrogens (tertiary/aromatic N) is 2. The molecule has 0 N–H and O–H groups in total. The number of hydrogen-bond donors (Lipinski definition) is 0. The maximum Gasteiger partial charge on any atom is 0.258 e. The number of rotatable bonds is 5. The largest absolute Gasteiger partial charge is 0.305 e. The molecule has 0 aliphatic carbocycles. The molecule has 1 aliphatic rings. The summed E-state index contributed by atoms with van der Waals surface area (Å²) in [5.74, 6) is -0.0707. The van der Waals surface area contributed by atoms with Crippen LogP contribution in [0.2, 0.25) is 0 Å². The molecule has 0 saturated carbocycles. The van der Waals surface area contributed by atoms with Gasteiger partial charge in [0.2, 0.25) is 10.0 Å². The number of benzene rings is 3. The zero-order valence-electron chi connectivity index (χ0n) is 17.0. The van der Waals surface area contributed by atoms with Crippen molar-refractivity contribution in [1.82, 2.24) is 4.31 Å². The lowest BCUT2D eigenvalue weighted by Gasteiger charge is -2.23. The molecule has 1 amide bonds. The second kappa shape index (κ2) is 8.05. The fourth-order valence-electron chi connectivity index (χ4n) is 3.90. The molecule has 6 heteroatoms. The van der Waals surface area contributed by atoms with Gasteiger partial charge in [-0.1, -0.05) is 48.5 Å². The third-order valence-electron chi connectivity index (χ3n) is 5.46. The first-order valence-corrected chi connectivity index (χ1v) is 11.3. The molecule has 0 bridgehead atoms. The third-order valence-corrected chi connectivity index (χ3v) is 7.26. The molecular weight excluding hydrogens is 396 g/mol. The van der Waals surface area contributed by atoms with Gasteiger partial charge in [0.15, 0.2) is 0 Å². The predicted molar refractivity (Wildman–Crippen MR) is 118 cm³/mol. The van der Waals surface area contributed by atoms with Crippen LogP contribution in [0.5, 0.6) is 0 Å². The lowest BCUT2D eigenvalue weighted by atomic mass is 10.1. The van der Waals surface area contributed by atoms with E-state index < -0.39 is 10.0 Å². The highest BCUT2D eigenvalue weighted by atomic mass is 32.2. The molecule has 3 aromatic rings. The summed E-state index contributed by atoms with van der Waals surface area (Å²) in [6, 6.07) is 23.7. The molecule has 0 saturated heterocycles. The zero-order chi connectivity index (χ0) is 21.3. The molecule has 30 heavy (non-hydrogen) atoms. The molecule has 0 aromatic heterocycles. The average molecular weight is 421 g/mol. The number of amides is 1. The van der Waals surface area contributed by atoms with Crippen molar-refractivity contribution in [2.24, 2.45) is 0 Å². The number of fused-ring (bicyclic) bond motifs is 1. The Morgan fingerprint density at radius 2 is 1.63 bits per heavy atom. The Morgan fingerprint density at radius 1 is 1.00 bits per heavy atom. The summed E-state index contributed by atoms with van der Waals surface area (Å²) in [4.78, 5) is 15.0. The van der Waals surface area contributed by atoms with Gasteiger partial charge in [-0.15, -0.1) is 0 Å². The van der Waals surface area contributed by atoms with Crippen LogP contribution in [0.1, 0.15) is 28.4 Å². The van der Waals surface area contributed by atoms with Crippen LogP contribution < -0.4 is 4.90 Å². The van der Waals surface area contributed by atoms with E-state index in [0.717, 1.165) is 16.8 Å². The minimum absolute atomic E-state index is 0.0345. The van der Waals surface area contributed by atoms with Gasteiger partial charge >= 0.3 is 0 Å². The molecular formula is C24H24N2O3S. The van der Waals surface area contributed by atoms with Crippen molar-refractivity contribution in [3.63, 3.8) is 0 Å². The van der Waals surface area contributed by atoms with Crippen molar-refractivity contribution < 1.29 is 13.2 Å². The maximum atomic E-state index is 13.1. The van der Waals surface area contributed by atoms with E-state index in [1.54, 1.807) is 42.3 Å². The van der Waals surface area contributed by atoms with Gasteiger partial charge in [0.25, 0.3) is 5.91 Å². The van der Waals surface area contributed by atoms with E-state index >= 15 is 0 Å². The van der Waals surface area contributed by atoms with E-state index in [-0.39, 0.29) is 16.8 Å². The molecule has 4 rings (SSSR count). The molecule has 0 spiro atoms. The Balaban J connectivity index is 1.61. The van der Waals surface area contributed by atoms with Gasteiger partial charge in [0.1, 0.15) is 0 Å². The monoisotopic (exact) mass is 420 g/mol. The maximum absolute atomic E-state index is 13.1. The number of sulfonamides is 1. The molecule has 0 radical (unpaired) electrons. The number of carbonyl (C=O) groups excluding carboxylic acids is 1. The fourth-order valence-corrected chi connectivity index (χ4v) is 5.11. The van der Waals surface area contributed by atoms with Crippen LogP contribution in [0.3, 0.4) is 0 Å². The highest BCUT2D eigenvalue weighted by molar-refractivity contribution is 7.89. The first-order chi connectivity index (χ1) is 14.4. The minimum atomic E-state index is -3.64. The number of hydrogen-bond acceptors (Lipinski definition) is 3. The van der Waals surface area contributed by atoms with Crippen LogP contribution in [0.15, 0.2) is 83.8 Å². The summed E-state index contributed by atoms with van der Waals surface area (Å²) in [7, 11) is -2.05. The van der Waals surface area contributed by atoms with Gasteiger partial charge in [-0.25, -0.2) is 8.42 Å². The first-order valence-electron chi connectivity index (χ1n) is 9.90. The molecule has 1 atom stereocenters. The molecule has 1 aliphatic heterocycles. The van der Waals surface area contributed by atoms with Crippen molar-refractivity contribution in [3.8, 4) is 0 Å². The molecule has 1 heterocycles. The highest BCUT2D eigenvalue weighted by Crippen LogP contribution is 2.35. The molecule has 5 nitrogen and oxygen atoms in total. The first kappa shape index (κ1) is 20.3. The number of anilines is 1. The lowest BCUT2D eigenvalue weighted by Crippen LogP contribution is -2.35. The van der Waals surface area contributed by atoms with Crippen LogP contribution in [-0.2, 0) is 23.0 Å². The van der Waals surface area contributed by atoms with Crippen LogP contribution in [0.25, 0.3) is 0 Å². The second-order valence-electron chi connectivity index (χ2n) is 7.63. The van der Waals surface area contributed by atoms with Crippen molar-refractivity contribution in [1.29, 1.82) is 0 Å². The predicted octanol–water partition coefficient (Wildman–Crippen LogP) is 4.10. The molecule has 3 aromatic carbocycles. The Hall–Kier alpha value is -2.96. The van der Waals surface area contributed by atoms with E-state index in [2.05, 4.69) is 0 Å². The van der Waals surface area contributed by atoms with E-state index in [9.17, 15) is 13.2 Å². The number of carbonyl (C=O) groups is 1. The van der Waals surface area contributed by atoms with Gasteiger partial charge in [-0.2, -0.15) is 4.31 Å². The van der Waals surface area contributed by atoms with Crippen LogP contribution in [-0.4, -0.2) is 31.7 Å². The summed E-state index contributed by atoms with van der Waals surface area (Å²) in [6.07, 6.45) is 0.625. The highest BCUT2D eigenvalue weighted by Gasteiger charge is 2.33. The normalized spacial score (nSPS) is 16.0. The summed E-state index contributed by atoms with van der Waals surface area (Å²) >= 11 is 0. The Bertz CT molecular complexity index is 1160. The van der Waals surface area contributed by atoms with Crippen LogP contribution >= 0.6 is 0 Å². The molecule has 0 unspecified atom stereocenters. The summed E-state index contributed by atoms with van der Waals surface area (Å²) < 4.78 is 27.6. The Morgan fingerprint density at radius 3 is 2.30 bits per heavy atom. The van der Waals surface area contributed by atoms with Gasteiger partial charge in [-0.05, 0) is 54.8 Å². The Kier molecular flexibility index (Phi) is 5.45. The van der Waals surface area contributed by atoms with E-state index in [1.807, 2.05) is 55.5 Å². The molecule has 0 fully saturated rings. The topological polar surface area (TPSA) is 57.7 Å². The summed E-state index contributed by atoms with van der Waals surface area (Å²) in [5.41, 5.74) is 3.21. The van der Waals surface area contributed by atoms with Gasteiger partial charge < -0.3 is 4.90 Å². The van der Waals surface area contributed by atoms with Crippen LogP contribution in [0, 0.1) is 0 Å². The third kappa shape index (κ3) is 3.76. The lowest BCUT2D eigenvalue weighted by molar-refractivity contribution is 0.0981. The molecule has 154 valence electrons. The van der Waals surface area contributed by atoms with Crippen LogP contribution in [0.4, 0.5) is 5.69 Å². The summed E-state index contributed by atoms with van der Waals surface area (Å²) in [5, 5.41) is 0. The van der Waals surface area contributed by atoms with Crippen molar-refractivity contribution in [2.45, 2.75) is 30.8 Å². The summed E-state index contributed by atoms with van der Waals surface area (Å²) in [6.45, 7) is 2.28. The van der Waals surface area contributed by atoms with Crippen molar-refractivity contribution in [3.05, 3.63) is 95.6 Å². The average Bonchev–Trinajstić information content (AvgIpc) is 3.09. The van der Waals surface area contributed by atoms with E-state index in [0.29, 0.717) is 18.5 Å². The Labute approximate surface area is 177 Å². The van der Waals surface area contributed by atoms with Gasteiger partial charge in [0.05, 0.1) is 4.90 Å². The van der Waals surface area contributed by atoms with Crippen molar-refractivity contribution in [2.75, 3.05) is 11.9 Å². The fraction of sp³-hybridized carbons (Fsp3) is 0.208. The smallest absolute Gasteiger partial charge is 0.258 e. The quantitative estimate of drug-likeness (QED) is 0.624.